The second kappa shape index (κ2) is 6.80. The fraction of sp³-hybridized carbons (Fsp3) is 0.217. The van der Waals surface area contributed by atoms with Gasteiger partial charge in [-0.25, -0.2) is 0 Å². The molecule has 0 unspecified atom stereocenters. The minimum absolute atomic E-state index is 0.552. The summed E-state index contributed by atoms with van der Waals surface area (Å²) in [6.07, 6.45) is 2.56. The summed E-state index contributed by atoms with van der Waals surface area (Å²) in [6, 6.07) is 24.3. The lowest BCUT2D eigenvalue weighted by molar-refractivity contribution is 0.938. The van der Waals surface area contributed by atoms with Crippen molar-refractivity contribution in [2.45, 2.75) is 19.8 Å². The van der Waals surface area contributed by atoms with Crippen LogP contribution in [0.3, 0.4) is 0 Å². The van der Waals surface area contributed by atoms with Crippen LogP contribution in [0.15, 0.2) is 66.7 Å². The highest BCUT2D eigenvalue weighted by atomic mass is 15.1. The van der Waals surface area contributed by atoms with Crippen molar-refractivity contribution in [1.82, 2.24) is 0 Å². The van der Waals surface area contributed by atoms with Gasteiger partial charge in [0.2, 0.25) is 0 Å². The van der Waals surface area contributed by atoms with Crippen LogP contribution in [-0.4, -0.2) is 20.8 Å². The molecule has 0 heterocycles. The van der Waals surface area contributed by atoms with Crippen LogP contribution >= 0.6 is 0 Å². The zero-order valence-electron chi connectivity index (χ0n) is 14.7. The van der Waals surface area contributed by atoms with Gasteiger partial charge in [0.05, 0.1) is 7.85 Å². The van der Waals surface area contributed by atoms with Crippen molar-refractivity contribution in [1.29, 1.82) is 0 Å². The Morgan fingerprint density at radius 1 is 0.920 bits per heavy atom. The summed E-state index contributed by atoms with van der Waals surface area (Å²) in [5.74, 6) is 0. The Morgan fingerprint density at radius 2 is 1.72 bits per heavy atom. The summed E-state index contributed by atoms with van der Waals surface area (Å²) in [4.78, 5) is 2.19. The summed E-state index contributed by atoms with van der Waals surface area (Å²) >= 11 is 0. The highest BCUT2D eigenvalue weighted by molar-refractivity contribution is 6.10. The molecule has 0 aromatic heterocycles. The maximum absolute atomic E-state index is 5.87. The molecule has 0 bridgehead atoms. The zero-order valence-corrected chi connectivity index (χ0v) is 14.7. The first-order valence-corrected chi connectivity index (χ1v) is 9.03. The third-order valence-corrected chi connectivity index (χ3v) is 5.22. The molecule has 0 amide bonds. The van der Waals surface area contributed by atoms with Crippen LogP contribution in [0.4, 0.5) is 5.69 Å². The van der Waals surface area contributed by atoms with Crippen molar-refractivity contribution >= 4 is 13.5 Å². The van der Waals surface area contributed by atoms with Gasteiger partial charge in [0.25, 0.3) is 0 Å². The van der Waals surface area contributed by atoms with E-state index in [-0.39, 0.29) is 0 Å². The number of nitrogens with zero attached hydrogens (tertiary/aromatic N) is 1. The maximum Gasteiger partial charge on any atom is 0.0942 e. The number of hydrogen-bond donors (Lipinski definition) is 0. The highest BCUT2D eigenvalue weighted by Gasteiger charge is 2.20. The fourth-order valence-corrected chi connectivity index (χ4v) is 3.89. The van der Waals surface area contributed by atoms with E-state index in [4.69, 9.17) is 7.85 Å². The molecule has 1 aliphatic carbocycles. The van der Waals surface area contributed by atoms with Crippen molar-refractivity contribution in [3.63, 3.8) is 0 Å². The quantitative estimate of drug-likeness (QED) is 0.477. The molecule has 0 N–H and O–H groups in total. The molecule has 2 radical (unpaired) electrons. The molecule has 0 saturated heterocycles. The van der Waals surface area contributed by atoms with Gasteiger partial charge < -0.3 is 4.90 Å². The molecule has 3 aromatic carbocycles. The number of anilines is 1. The fourth-order valence-electron chi connectivity index (χ4n) is 3.89. The van der Waals surface area contributed by atoms with Crippen LogP contribution in [0.5, 0.6) is 0 Å². The largest absolute Gasteiger partial charge is 0.381 e. The first-order valence-electron chi connectivity index (χ1n) is 9.03. The predicted molar refractivity (Wildman–Crippen MR) is 108 cm³/mol. The van der Waals surface area contributed by atoms with Crippen LogP contribution in [0, 0.1) is 0 Å². The van der Waals surface area contributed by atoms with Gasteiger partial charge in [-0.1, -0.05) is 54.6 Å². The number of hydrogen-bond acceptors (Lipinski definition) is 1. The Bertz CT molecular complexity index is 896. The summed E-state index contributed by atoms with van der Waals surface area (Å²) in [5.41, 5.74) is 9.71. The molecule has 0 fully saturated rings. The van der Waals surface area contributed by atoms with Crippen molar-refractivity contribution < 1.29 is 0 Å². The standard InChI is InChI=1S/C23H22BN/c1-2-25(16-24)20-10-5-7-17(14-20)13-18-9-6-12-22-21-11-4-3-8-19(21)15-23(18)22/h3-12,14H,2,13,15-16H2,1H3. The van der Waals surface area contributed by atoms with Crippen molar-refractivity contribution in [3.05, 3.63) is 89.0 Å². The van der Waals surface area contributed by atoms with Gasteiger partial charge >= 0.3 is 0 Å². The molecule has 3 aromatic rings. The molecule has 0 aliphatic heterocycles. The number of benzene rings is 3. The van der Waals surface area contributed by atoms with Gasteiger partial charge in [0.1, 0.15) is 0 Å². The van der Waals surface area contributed by atoms with Gasteiger partial charge in [0.15, 0.2) is 0 Å². The first kappa shape index (κ1) is 16.0. The molecule has 1 nitrogen and oxygen atoms in total. The lowest BCUT2D eigenvalue weighted by atomic mass is 9.95. The van der Waals surface area contributed by atoms with E-state index < -0.39 is 0 Å². The first-order chi connectivity index (χ1) is 12.3. The van der Waals surface area contributed by atoms with Crippen molar-refractivity contribution in [3.8, 4) is 11.1 Å². The Labute approximate surface area is 151 Å². The predicted octanol–water partition coefficient (Wildman–Crippen LogP) is 4.80. The van der Waals surface area contributed by atoms with E-state index in [2.05, 4.69) is 78.6 Å². The molecule has 4 rings (SSSR count). The summed E-state index contributed by atoms with van der Waals surface area (Å²) in [7, 11) is 5.87. The van der Waals surface area contributed by atoms with Gasteiger partial charge in [-0.3, -0.25) is 0 Å². The van der Waals surface area contributed by atoms with Gasteiger partial charge in [-0.2, -0.15) is 0 Å². The zero-order chi connectivity index (χ0) is 17.2. The second-order valence-electron chi connectivity index (χ2n) is 6.66. The normalized spacial score (nSPS) is 11.9. The molecule has 0 spiro atoms. The van der Waals surface area contributed by atoms with E-state index in [1.807, 2.05) is 0 Å². The third-order valence-electron chi connectivity index (χ3n) is 5.22. The van der Waals surface area contributed by atoms with E-state index in [0.29, 0.717) is 6.44 Å². The van der Waals surface area contributed by atoms with E-state index in [9.17, 15) is 0 Å². The SMILES string of the molecule is [B]CN(CC)c1cccc(Cc2cccc3c2Cc2ccccc2-3)c1. The van der Waals surface area contributed by atoms with Crippen LogP contribution < -0.4 is 4.90 Å². The van der Waals surface area contributed by atoms with Crippen LogP contribution in [0.25, 0.3) is 11.1 Å². The molecule has 0 atom stereocenters. The van der Waals surface area contributed by atoms with Crippen LogP contribution in [0.2, 0.25) is 0 Å². The molecule has 1 aliphatic rings. The monoisotopic (exact) mass is 323 g/mol. The Hall–Kier alpha value is -2.48. The molecular formula is C23H22BN. The average Bonchev–Trinajstić information content (AvgIpc) is 3.03. The van der Waals surface area contributed by atoms with E-state index in [1.54, 1.807) is 0 Å². The van der Waals surface area contributed by atoms with Crippen molar-refractivity contribution in [2.75, 3.05) is 17.9 Å². The van der Waals surface area contributed by atoms with Gasteiger partial charge in [-0.15, -0.1) is 0 Å². The van der Waals surface area contributed by atoms with Crippen LogP contribution in [-0.2, 0) is 12.8 Å². The smallest absolute Gasteiger partial charge is 0.0942 e. The Kier molecular flexibility index (Phi) is 4.36. The Morgan fingerprint density at radius 3 is 2.56 bits per heavy atom. The van der Waals surface area contributed by atoms with E-state index >= 15 is 0 Å². The molecule has 0 saturated carbocycles. The van der Waals surface area contributed by atoms with Gasteiger partial charge in [-0.05, 0) is 71.7 Å². The van der Waals surface area contributed by atoms with Crippen LogP contribution in [0.1, 0.15) is 29.2 Å². The average molecular weight is 323 g/mol. The highest BCUT2D eigenvalue weighted by Crippen LogP contribution is 2.38. The Balaban J connectivity index is 1.66. The maximum atomic E-state index is 5.87. The minimum atomic E-state index is 0.552. The molecule has 25 heavy (non-hydrogen) atoms. The third kappa shape index (κ3) is 2.97. The topological polar surface area (TPSA) is 3.24 Å². The van der Waals surface area contributed by atoms with Crippen molar-refractivity contribution in [2.24, 2.45) is 0 Å². The minimum Gasteiger partial charge on any atom is -0.381 e. The number of rotatable bonds is 5. The van der Waals surface area contributed by atoms with E-state index in [0.717, 1.165) is 19.4 Å². The van der Waals surface area contributed by atoms with Gasteiger partial charge in [0, 0.05) is 12.2 Å². The summed E-state index contributed by atoms with van der Waals surface area (Å²) in [6.45, 7) is 3.07. The lowest BCUT2D eigenvalue weighted by Gasteiger charge is -2.22. The number of fused-ring (bicyclic) bond motifs is 3. The lowest BCUT2D eigenvalue weighted by Crippen LogP contribution is -2.23. The second-order valence-corrected chi connectivity index (χ2v) is 6.66. The molecule has 2 heteroatoms. The molecular weight excluding hydrogens is 301 g/mol. The summed E-state index contributed by atoms with van der Waals surface area (Å²) in [5, 5.41) is 0. The van der Waals surface area contributed by atoms with E-state index in [1.165, 1.54) is 39.1 Å². The molecule has 122 valence electrons. The summed E-state index contributed by atoms with van der Waals surface area (Å²) < 4.78 is 0.